The number of carbonyl (C=O) groups is 6. The average Bonchev–Trinajstić information content (AvgIpc) is 3.22. The lowest BCUT2D eigenvalue weighted by Gasteiger charge is -2.44. The first-order valence-electron chi connectivity index (χ1n) is 11.0. The lowest BCUT2D eigenvalue weighted by molar-refractivity contribution is -0.138. The summed E-state index contributed by atoms with van der Waals surface area (Å²) in [6, 6.07) is 2.02. The number of amides is 8. The number of imide groups is 6. The van der Waals surface area contributed by atoms with E-state index in [0.717, 1.165) is 0 Å². The summed E-state index contributed by atoms with van der Waals surface area (Å²) in [5.74, 6) is -8.41. The molecule has 0 radical (unpaired) electrons. The maximum absolute atomic E-state index is 13.3. The second kappa shape index (κ2) is 7.65. The first-order chi connectivity index (χ1) is 16.6. The number of ether oxygens (including phenoxy) is 1. The van der Waals surface area contributed by atoms with E-state index in [9.17, 15) is 33.9 Å². The molecule has 35 heavy (non-hydrogen) atoms. The average molecular weight is 482 g/mol. The van der Waals surface area contributed by atoms with Crippen molar-refractivity contribution in [3.05, 3.63) is 35.4 Å². The van der Waals surface area contributed by atoms with Gasteiger partial charge in [0, 0.05) is 11.5 Å². The predicted molar refractivity (Wildman–Crippen MR) is 115 cm³/mol. The van der Waals surface area contributed by atoms with Gasteiger partial charge in [-0.1, -0.05) is 11.6 Å². The Bertz CT molecular complexity index is 1260. The van der Waals surface area contributed by atoms with Crippen LogP contribution in [0.5, 0.6) is 11.5 Å². The van der Waals surface area contributed by atoms with Crippen LogP contribution in [0.2, 0.25) is 0 Å². The van der Waals surface area contributed by atoms with Crippen molar-refractivity contribution in [1.82, 2.24) is 9.80 Å². The van der Waals surface area contributed by atoms with Gasteiger partial charge in [0.2, 0.25) is 23.6 Å². The molecule has 12 heteroatoms. The van der Waals surface area contributed by atoms with Gasteiger partial charge in [0.25, 0.3) is 0 Å². The van der Waals surface area contributed by atoms with Crippen LogP contribution in [0.1, 0.15) is 24.3 Å². The van der Waals surface area contributed by atoms with Crippen molar-refractivity contribution in [3.8, 4) is 11.5 Å². The number of primary amides is 2. The number of aromatic hydroxyl groups is 1. The molecule has 0 spiro atoms. The number of rotatable bonds is 2. The van der Waals surface area contributed by atoms with Crippen LogP contribution in [0.3, 0.4) is 0 Å². The Morgan fingerprint density at radius 3 is 2.11 bits per heavy atom. The van der Waals surface area contributed by atoms with Gasteiger partial charge in [-0.25, -0.2) is 9.59 Å². The summed E-state index contributed by atoms with van der Waals surface area (Å²) in [5, 5.41) is 10.7. The number of hydrogen-bond donors (Lipinski definition) is 3. The van der Waals surface area contributed by atoms with Crippen LogP contribution in [0.4, 0.5) is 9.59 Å². The zero-order valence-corrected chi connectivity index (χ0v) is 18.5. The van der Waals surface area contributed by atoms with E-state index in [-0.39, 0.29) is 24.2 Å². The Labute approximate surface area is 198 Å². The summed E-state index contributed by atoms with van der Waals surface area (Å²) in [5.41, 5.74) is 11.4. The number of benzene rings is 1. The predicted octanol–water partition coefficient (Wildman–Crippen LogP) is 0.194. The fraction of sp³-hybridized carbons (Fsp3) is 0.391. The zero-order chi connectivity index (χ0) is 25.3. The number of nitrogens with zero attached hydrogens (tertiary/aromatic N) is 2. The minimum absolute atomic E-state index is 0.0150. The molecule has 0 aromatic heterocycles. The van der Waals surface area contributed by atoms with Gasteiger partial charge in [0.1, 0.15) is 11.5 Å². The number of phenolic OH excluding ortho intramolecular Hbond substituents is 1. The second-order valence-corrected chi connectivity index (χ2v) is 9.15. The normalized spacial score (nSPS) is 31.6. The molecule has 0 unspecified atom stereocenters. The van der Waals surface area contributed by atoms with Crippen LogP contribution in [-0.2, 0) is 19.2 Å². The zero-order valence-electron chi connectivity index (χ0n) is 18.5. The van der Waals surface area contributed by atoms with Gasteiger partial charge >= 0.3 is 12.1 Å². The smallest absolute Gasteiger partial charge is 0.328 e. The lowest BCUT2D eigenvalue weighted by atomic mass is 9.57. The molecule has 182 valence electrons. The van der Waals surface area contributed by atoms with E-state index in [2.05, 4.69) is 0 Å². The maximum atomic E-state index is 13.3. The third-order valence-electron chi connectivity index (χ3n) is 7.66. The first kappa shape index (κ1) is 22.6. The van der Waals surface area contributed by atoms with Crippen molar-refractivity contribution in [2.45, 2.75) is 18.8 Å². The number of urea groups is 2. The summed E-state index contributed by atoms with van der Waals surface area (Å²) in [6.45, 7) is 0. The number of nitrogens with two attached hydrogens (primary N) is 2. The third-order valence-corrected chi connectivity index (χ3v) is 7.66. The molecule has 0 bridgehead atoms. The van der Waals surface area contributed by atoms with E-state index in [1.54, 1.807) is 6.08 Å². The van der Waals surface area contributed by atoms with E-state index in [4.69, 9.17) is 16.2 Å². The van der Waals surface area contributed by atoms with E-state index in [0.29, 0.717) is 21.1 Å². The fourth-order valence-electron chi connectivity index (χ4n) is 6.28. The third kappa shape index (κ3) is 2.98. The summed E-state index contributed by atoms with van der Waals surface area (Å²) < 4.78 is 5.27. The molecule has 8 amide bonds. The van der Waals surface area contributed by atoms with Gasteiger partial charge in [-0.15, -0.1) is 0 Å². The largest absolute Gasteiger partial charge is 0.508 e. The minimum Gasteiger partial charge on any atom is -0.508 e. The van der Waals surface area contributed by atoms with E-state index < -0.39 is 71.2 Å². The van der Waals surface area contributed by atoms with Crippen molar-refractivity contribution in [3.63, 3.8) is 0 Å². The topological polar surface area (TPSA) is 190 Å². The molecule has 4 aliphatic rings. The Morgan fingerprint density at radius 1 is 0.914 bits per heavy atom. The molecule has 1 aromatic carbocycles. The number of hydrogen-bond acceptors (Lipinski definition) is 8. The number of fused-ring (bicyclic) bond motifs is 4. The molecular formula is C23H22N4O8. The molecule has 6 atom stereocenters. The quantitative estimate of drug-likeness (QED) is 0.393. The van der Waals surface area contributed by atoms with Crippen molar-refractivity contribution < 1.29 is 38.6 Å². The van der Waals surface area contributed by atoms with Crippen LogP contribution < -0.4 is 16.2 Å². The molecule has 5 rings (SSSR count). The number of likely N-dealkylation sites (tertiary alicyclic amines) is 2. The molecule has 2 heterocycles. The first-order valence-corrected chi connectivity index (χ1v) is 11.0. The van der Waals surface area contributed by atoms with Gasteiger partial charge in [0.15, 0.2) is 0 Å². The fourth-order valence-corrected chi connectivity index (χ4v) is 6.28. The SMILES string of the molecule is COc1ccc(O)c([C@H]2C3=CC[C@@H]4C(=O)N(C(N)=O)C(=O)[C@@H]4[C@@H]3C[C@H]3C(=O)N(C(N)=O)C(=O)[C@@H]23)c1. The number of methoxy groups -OCH3 is 1. The number of allylic oxidation sites excluding steroid dienone is 2. The molecule has 5 N–H and O–H groups in total. The van der Waals surface area contributed by atoms with Crippen molar-refractivity contribution in [1.29, 1.82) is 0 Å². The molecule has 1 saturated carbocycles. The second-order valence-electron chi connectivity index (χ2n) is 9.15. The number of phenols is 1. The van der Waals surface area contributed by atoms with Crippen molar-refractivity contribution >= 4 is 35.7 Å². The van der Waals surface area contributed by atoms with Crippen LogP contribution in [-0.4, -0.2) is 57.7 Å². The highest BCUT2D eigenvalue weighted by Crippen LogP contribution is 2.58. The van der Waals surface area contributed by atoms with Gasteiger partial charge in [-0.2, -0.15) is 9.80 Å². The minimum atomic E-state index is -1.22. The van der Waals surface area contributed by atoms with Crippen LogP contribution in [0, 0.1) is 29.6 Å². The van der Waals surface area contributed by atoms with E-state index in [1.807, 2.05) is 0 Å². The molecule has 2 aliphatic heterocycles. The Balaban J connectivity index is 1.69. The summed E-state index contributed by atoms with van der Waals surface area (Å²) in [4.78, 5) is 76.9. The van der Waals surface area contributed by atoms with Gasteiger partial charge in [-0.05, 0) is 37.0 Å². The highest BCUT2D eigenvalue weighted by Gasteiger charge is 2.63. The standard InChI is InChI=1S/C23H22N4O8/c1-35-8-2-5-14(28)12(6-8)15-9-3-4-10-16(20(31)26(18(10)29)22(24)33)11(9)7-13-17(15)21(32)27(19(13)30)23(25)34/h2-3,5-6,10-11,13,15-17,28H,4,7H2,1H3,(H2,24,33)(H2,25,34)/t10-,11+,13+,15+,16-,17+/m0/s1. The molecule has 3 fully saturated rings. The van der Waals surface area contributed by atoms with Gasteiger partial charge < -0.3 is 21.3 Å². The lowest BCUT2D eigenvalue weighted by Crippen LogP contribution is -2.44. The molecule has 1 aromatic rings. The highest BCUT2D eigenvalue weighted by molar-refractivity contribution is 6.18. The maximum Gasteiger partial charge on any atom is 0.328 e. The number of carbonyl (C=O) groups excluding carboxylic acids is 6. The monoisotopic (exact) mass is 482 g/mol. The van der Waals surface area contributed by atoms with Gasteiger partial charge in [0.05, 0.1) is 30.8 Å². The van der Waals surface area contributed by atoms with E-state index >= 15 is 0 Å². The molecular weight excluding hydrogens is 460 g/mol. The Morgan fingerprint density at radius 2 is 1.51 bits per heavy atom. The highest BCUT2D eigenvalue weighted by atomic mass is 16.5. The van der Waals surface area contributed by atoms with Crippen molar-refractivity contribution in [2.24, 2.45) is 41.1 Å². The van der Waals surface area contributed by atoms with Crippen LogP contribution >= 0.6 is 0 Å². The summed E-state index contributed by atoms with van der Waals surface area (Å²) in [6.07, 6.45) is 1.80. The van der Waals surface area contributed by atoms with Crippen LogP contribution in [0.15, 0.2) is 29.8 Å². The van der Waals surface area contributed by atoms with Gasteiger partial charge in [-0.3, -0.25) is 19.2 Å². The van der Waals surface area contributed by atoms with Crippen LogP contribution in [0.25, 0.3) is 0 Å². The van der Waals surface area contributed by atoms with Crippen molar-refractivity contribution in [2.75, 3.05) is 7.11 Å². The van der Waals surface area contributed by atoms with E-state index in [1.165, 1.54) is 25.3 Å². The molecule has 2 saturated heterocycles. The summed E-state index contributed by atoms with van der Waals surface area (Å²) >= 11 is 0. The summed E-state index contributed by atoms with van der Waals surface area (Å²) in [7, 11) is 1.42. The molecule has 12 nitrogen and oxygen atoms in total. The Kier molecular flexibility index (Phi) is 4.93. The molecule has 2 aliphatic carbocycles. The Hall–Kier alpha value is -4.22.